The van der Waals surface area contributed by atoms with E-state index in [1.165, 1.54) is 5.56 Å². The molecule has 3 aromatic carbocycles. The number of fused-ring (bicyclic) bond motifs is 3. The number of ether oxygens (including phenoxy) is 4. The molecule has 0 fully saturated rings. The Bertz CT molecular complexity index is 1590. The van der Waals surface area contributed by atoms with E-state index in [0.29, 0.717) is 23.0 Å². The van der Waals surface area contributed by atoms with Crippen LogP contribution in [-0.4, -0.2) is 58.4 Å². The van der Waals surface area contributed by atoms with E-state index in [9.17, 15) is 0 Å². The number of likely N-dealkylation sites (N-methyl/N-ethyl adjacent to an activating group) is 1. The predicted molar refractivity (Wildman–Crippen MR) is 154 cm³/mol. The van der Waals surface area contributed by atoms with Crippen molar-refractivity contribution in [2.75, 3.05) is 49.1 Å². The third kappa shape index (κ3) is 4.63. The highest BCUT2D eigenvalue weighted by Gasteiger charge is 2.20. The molecule has 5 rings (SSSR count). The lowest BCUT2D eigenvalue weighted by atomic mass is 9.95. The van der Waals surface area contributed by atoms with E-state index in [1.807, 2.05) is 18.2 Å². The maximum Gasteiger partial charge on any atom is 0.161 e. The van der Waals surface area contributed by atoms with E-state index in [0.717, 1.165) is 51.5 Å². The Labute approximate surface area is 223 Å². The number of nitrogens with zero attached hydrogens (tertiary/aromatic N) is 2. The zero-order chi connectivity index (χ0) is 26.8. The molecule has 2 aromatic heterocycles. The Morgan fingerprint density at radius 3 is 1.97 bits per heavy atom. The van der Waals surface area contributed by atoms with E-state index in [-0.39, 0.29) is 0 Å². The van der Waals surface area contributed by atoms with E-state index in [2.05, 4.69) is 78.3 Å². The molecule has 0 radical (unpaired) electrons. The van der Waals surface area contributed by atoms with Gasteiger partial charge in [-0.05, 0) is 72.9 Å². The molecular formula is C32H34N2O4. The number of benzene rings is 3. The fourth-order valence-corrected chi connectivity index (χ4v) is 5.02. The summed E-state index contributed by atoms with van der Waals surface area (Å²) in [5, 5.41) is 2.14. The van der Waals surface area contributed by atoms with E-state index in [4.69, 9.17) is 18.9 Å². The smallest absolute Gasteiger partial charge is 0.161 e. The van der Waals surface area contributed by atoms with Crippen LogP contribution >= 0.6 is 0 Å². The van der Waals surface area contributed by atoms with Gasteiger partial charge in [-0.2, -0.15) is 0 Å². The van der Waals surface area contributed by atoms with Gasteiger partial charge in [-0.3, -0.25) is 0 Å². The molecule has 2 heterocycles. The fourth-order valence-electron chi connectivity index (χ4n) is 5.02. The van der Waals surface area contributed by atoms with Gasteiger partial charge >= 0.3 is 0 Å². The van der Waals surface area contributed by atoms with Gasteiger partial charge in [0, 0.05) is 35.5 Å². The summed E-state index contributed by atoms with van der Waals surface area (Å²) in [5.74, 6) is 2.79. The van der Waals surface area contributed by atoms with E-state index in [1.54, 1.807) is 28.4 Å². The molecule has 6 heteroatoms. The number of aromatic nitrogens is 1. The quantitative estimate of drug-likeness (QED) is 0.225. The Morgan fingerprint density at radius 2 is 1.32 bits per heavy atom. The zero-order valence-electron chi connectivity index (χ0n) is 22.9. The van der Waals surface area contributed by atoms with Crippen molar-refractivity contribution in [3.05, 3.63) is 78.6 Å². The highest BCUT2D eigenvalue weighted by molar-refractivity contribution is 6.09. The lowest BCUT2D eigenvalue weighted by Crippen LogP contribution is -2.14. The van der Waals surface area contributed by atoms with Gasteiger partial charge in [-0.25, -0.2) is 0 Å². The van der Waals surface area contributed by atoms with Crippen molar-refractivity contribution in [3.63, 3.8) is 0 Å². The van der Waals surface area contributed by atoms with Crippen LogP contribution in [-0.2, 0) is 6.42 Å². The first-order valence-electron chi connectivity index (χ1n) is 12.6. The third-order valence-corrected chi connectivity index (χ3v) is 7.04. The molecule has 0 atom stereocenters. The minimum Gasteiger partial charge on any atom is -0.493 e. The van der Waals surface area contributed by atoms with Crippen LogP contribution in [0.2, 0.25) is 0 Å². The molecule has 0 amide bonds. The van der Waals surface area contributed by atoms with Crippen LogP contribution in [0.3, 0.4) is 0 Å². The summed E-state index contributed by atoms with van der Waals surface area (Å²) in [6.45, 7) is 1.02. The zero-order valence-corrected chi connectivity index (χ0v) is 22.9. The van der Waals surface area contributed by atoms with Gasteiger partial charge in [-0.15, -0.1) is 0 Å². The van der Waals surface area contributed by atoms with Crippen molar-refractivity contribution in [3.8, 4) is 45.3 Å². The minimum absolute atomic E-state index is 0.689. The molecule has 6 nitrogen and oxygen atoms in total. The topological polar surface area (TPSA) is 44.6 Å². The highest BCUT2D eigenvalue weighted by Crippen LogP contribution is 2.44. The monoisotopic (exact) mass is 510 g/mol. The first-order valence-corrected chi connectivity index (χ1v) is 12.6. The van der Waals surface area contributed by atoms with Gasteiger partial charge in [0.2, 0.25) is 0 Å². The summed E-state index contributed by atoms with van der Waals surface area (Å²) in [5.41, 5.74) is 6.85. The summed E-state index contributed by atoms with van der Waals surface area (Å²) >= 11 is 0. The van der Waals surface area contributed by atoms with Crippen LogP contribution in [0.25, 0.3) is 38.5 Å². The van der Waals surface area contributed by atoms with Gasteiger partial charge in [0.1, 0.15) is 0 Å². The SMILES string of the molecule is COc1ccc(-c2c(-c3ccc(CCN(C)C)cc3)cn3ccc4cc(OC)c(OC)cc4c23)cc1OC. The maximum atomic E-state index is 5.68. The summed E-state index contributed by atoms with van der Waals surface area (Å²) in [7, 11) is 10.9. The van der Waals surface area contributed by atoms with Crippen molar-refractivity contribution >= 4 is 16.3 Å². The summed E-state index contributed by atoms with van der Waals surface area (Å²) < 4.78 is 24.7. The van der Waals surface area contributed by atoms with Crippen LogP contribution < -0.4 is 18.9 Å². The molecule has 196 valence electrons. The Morgan fingerprint density at radius 1 is 0.684 bits per heavy atom. The summed E-state index contributed by atoms with van der Waals surface area (Å²) in [6, 6.07) is 21.2. The van der Waals surface area contributed by atoms with Crippen LogP contribution in [0.15, 0.2) is 73.1 Å². The van der Waals surface area contributed by atoms with Gasteiger partial charge < -0.3 is 28.2 Å². The molecule has 0 spiro atoms. The van der Waals surface area contributed by atoms with Crippen LogP contribution in [0, 0.1) is 0 Å². The Hall–Kier alpha value is -4.16. The molecule has 38 heavy (non-hydrogen) atoms. The first kappa shape index (κ1) is 25.5. The first-order chi connectivity index (χ1) is 18.5. The Kier molecular flexibility index (Phi) is 7.16. The lowest BCUT2D eigenvalue weighted by molar-refractivity contribution is 0.355. The molecule has 5 aromatic rings. The van der Waals surface area contributed by atoms with Crippen molar-refractivity contribution in [2.24, 2.45) is 0 Å². The number of methoxy groups -OCH3 is 4. The summed E-state index contributed by atoms with van der Waals surface area (Å²) in [4.78, 5) is 2.21. The van der Waals surface area contributed by atoms with Crippen LogP contribution in [0.5, 0.6) is 23.0 Å². The number of hydrogen-bond donors (Lipinski definition) is 0. The fraction of sp³-hybridized carbons (Fsp3) is 0.250. The second kappa shape index (κ2) is 10.7. The van der Waals surface area contributed by atoms with Crippen molar-refractivity contribution in [2.45, 2.75) is 6.42 Å². The predicted octanol–water partition coefficient (Wildman–Crippen LogP) is 6.57. The molecular weight excluding hydrogens is 476 g/mol. The molecule has 0 saturated heterocycles. The molecule has 0 aliphatic carbocycles. The molecule has 0 aliphatic heterocycles. The number of hydrogen-bond acceptors (Lipinski definition) is 5. The highest BCUT2D eigenvalue weighted by atomic mass is 16.5. The van der Waals surface area contributed by atoms with E-state index < -0.39 is 0 Å². The van der Waals surface area contributed by atoms with Gasteiger partial charge in [0.05, 0.1) is 34.0 Å². The second-order valence-corrected chi connectivity index (χ2v) is 9.60. The largest absolute Gasteiger partial charge is 0.493 e. The standard InChI is InChI=1S/C32H34N2O4/c1-33(2)15-13-21-7-9-22(10-8-21)26-20-34-16-14-23-17-29(37-5)30(38-6)19-25(23)32(34)31(26)24-11-12-27(35-3)28(18-24)36-4/h7-12,14,16-20H,13,15H2,1-6H3. The van der Waals surface area contributed by atoms with Crippen LogP contribution in [0.4, 0.5) is 0 Å². The Balaban J connectivity index is 1.78. The molecule has 0 bridgehead atoms. The molecule has 0 unspecified atom stereocenters. The molecule has 0 N–H and O–H groups in total. The van der Waals surface area contributed by atoms with Crippen molar-refractivity contribution < 1.29 is 18.9 Å². The summed E-state index contributed by atoms with van der Waals surface area (Å²) in [6.07, 6.45) is 5.31. The second-order valence-electron chi connectivity index (χ2n) is 9.60. The number of rotatable bonds is 9. The van der Waals surface area contributed by atoms with E-state index >= 15 is 0 Å². The van der Waals surface area contributed by atoms with Crippen molar-refractivity contribution in [1.29, 1.82) is 0 Å². The molecule has 0 aliphatic rings. The minimum atomic E-state index is 0.689. The average molecular weight is 511 g/mol. The molecule has 0 saturated carbocycles. The van der Waals surface area contributed by atoms with Gasteiger partial charge in [0.15, 0.2) is 23.0 Å². The van der Waals surface area contributed by atoms with Crippen LogP contribution in [0.1, 0.15) is 5.56 Å². The third-order valence-electron chi connectivity index (χ3n) is 7.04. The van der Waals surface area contributed by atoms with Gasteiger partial charge in [-0.1, -0.05) is 30.3 Å². The lowest BCUT2D eigenvalue weighted by Gasteiger charge is -2.14. The number of pyridine rings is 1. The normalized spacial score (nSPS) is 11.3. The van der Waals surface area contributed by atoms with Gasteiger partial charge in [0.25, 0.3) is 0 Å². The average Bonchev–Trinajstić information content (AvgIpc) is 3.35. The van der Waals surface area contributed by atoms with Crippen molar-refractivity contribution in [1.82, 2.24) is 9.30 Å². The maximum absolute atomic E-state index is 5.68.